The average molecular weight is 393 g/mol. The van der Waals surface area contributed by atoms with E-state index in [1.54, 1.807) is 23.0 Å². The molecule has 0 radical (unpaired) electrons. The minimum Gasteiger partial charge on any atom is -0.349 e. The zero-order valence-electron chi connectivity index (χ0n) is 15.8. The molecule has 1 aliphatic carbocycles. The van der Waals surface area contributed by atoms with Crippen molar-refractivity contribution in [1.82, 2.24) is 25.1 Å². The molecule has 2 aliphatic rings. The minimum atomic E-state index is -0.134. The van der Waals surface area contributed by atoms with E-state index >= 15 is 0 Å². The summed E-state index contributed by atoms with van der Waals surface area (Å²) in [5.41, 5.74) is 5.70. The number of aromatic nitrogens is 4. The number of hydrogen-bond acceptors (Lipinski definition) is 5. The van der Waals surface area contributed by atoms with Crippen LogP contribution in [0.3, 0.4) is 0 Å². The summed E-state index contributed by atoms with van der Waals surface area (Å²) in [6.07, 6.45) is 1.68. The number of nitrogens with one attached hydrogen (secondary N) is 1. The third-order valence-electron chi connectivity index (χ3n) is 5.53. The van der Waals surface area contributed by atoms with Gasteiger partial charge in [0, 0.05) is 35.0 Å². The molecule has 144 valence electrons. The second-order valence-electron chi connectivity index (χ2n) is 7.26. The van der Waals surface area contributed by atoms with Crippen molar-refractivity contribution in [2.24, 2.45) is 0 Å². The lowest BCUT2D eigenvalue weighted by Crippen LogP contribution is -2.35. The van der Waals surface area contributed by atoms with Crippen molar-refractivity contribution in [1.29, 1.82) is 0 Å². The third kappa shape index (κ3) is 2.35. The lowest BCUT2D eigenvalue weighted by Gasteiger charge is -2.13. The lowest BCUT2D eigenvalue weighted by molar-refractivity contribution is 0.0924. The zero-order valence-corrected chi connectivity index (χ0v) is 15.8. The summed E-state index contributed by atoms with van der Waals surface area (Å²) in [5, 5.41) is 7.36. The van der Waals surface area contributed by atoms with E-state index in [9.17, 15) is 9.59 Å². The molecule has 4 aromatic rings. The first-order valence-electron chi connectivity index (χ1n) is 9.67. The van der Waals surface area contributed by atoms with Crippen molar-refractivity contribution in [3.63, 3.8) is 0 Å². The predicted octanol–water partition coefficient (Wildman–Crippen LogP) is 2.96. The van der Waals surface area contributed by atoms with Gasteiger partial charge in [0.15, 0.2) is 11.6 Å². The number of carbonyl (C=O) groups excluding carboxylic acids is 2. The van der Waals surface area contributed by atoms with Gasteiger partial charge in [-0.25, -0.2) is 9.97 Å². The van der Waals surface area contributed by atoms with Crippen LogP contribution in [0.5, 0.6) is 0 Å². The monoisotopic (exact) mass is 393 g/mol. The van der Waals surface area contributed by atoms with Crippen LogP contribution in [-0.4, -0.2) is 38.0 Å². The summed E-state index contributed by atoms with van der Waals surface area (Å²) in [6, 6.07) is 16.7. The van der Waals surface area contributed by atoms with Gasteiger partial charge >= 0.3 is 0 Å². The summed E-state index contributed by atoms with van der Waals surface area (Å²) in [4.78, 5) is 34.1. The SMILES string of the molecule is O=C1c2ccccc2-c2c1cccc2-c1nccc(-c2cc3n(n2)CCNC3=O)n1. The summed E-state index contributed by atoms with van der Waals surface area (Å²) in [7, 11) is 0. The van der Waals surface area contributed by atoms with E-state index in [-0.39, 0.29) is 11.7 Å². The molecule has 2 aromatic heterocycles. The number of amides is 1. The Hall–Kier alpha value is -4.13. The quantitative estimate of drug-likeness (QED) is 0.498. The van der Waals surface area contributed by atoms with Crippen molar-refractivity contribution in [3.8, 4) is 33.9 Å². The van der Waals surface area contributed by atoms with Gasteiger partial charge in [-0.2, -0.15) is 5.10 Å². The summed E-state index contributed by atoms with van der Waals surface area (Å²) >= 11 is 0. The first-order valence-corrected chi connectivity index (χ1v) is 9.67. The Morgan fingerprint density at radius 3 is 2.53 bits per heavy atom. The Balaban J connectivity index is 1.50. The van der Waals surface area contributed by atoms with Crippen LogP contribution in [0, 0.1) is 0 Å². The number of rotatable bonds is 2. The maximum atomic E-state index is 12.8. The van der Waals surface area contributed by atoms with E-state index in [2.05, 4.69) is 15.4 Å². The van der Waals surface area contributed by atoms with Crippen LogP contribution < -0.4 is 5.32 Å². The van der Waals surface area contributed by atoms with Crippen molar-refractivity contribution in [2.75, 3.05) is 6.54 Å². The smallest absolute Gasteiger partial charge is 0.269 e. The van der Waals surface area contributed by atoms with Gasteiger partial charge in [0.05, 0.1) is 12.2 Å². The number of hydrogen-bond donors (Lipinski definition) is 1. The largest absolute Gasteiger partial charge is 0.349 e. The Labute approximate surface area is 171 Å². The van der Waals surface area contributed by atoms with Crippen molar-refractivity contribution >= 4 is 11.7 Å². The fraction of sp³-hybridized carbons (Fsp3) is 0.0870. The molecular formula is C23H15N5O2. The Morgan fingerprint density at radius 2 is 1.67 bits per heavy atom. The van der Waals surface area contributed by atoms with Gasteiger partial charge in [-0.3, -0.25) is 14.3 Å². The number of ketones is 1. The maximum Gasteiger partial charge on any atom is 0.269 e. The van der Waals surface area contributed by atoms with Gasteiger partial charge in [0.1, 0.15) is 11.4 Å². The van der Waals surface area contributed by atoms with Gasteiger partial charge in [0.25, 0.3) is 5.91 Å². The van der Waals surface area contributed by atoms with Crippen molar-refractivity contribution in [3.05, 3.63) is 77.6 Å². The molecule has 3 heterocycles. The molecule has 0 fully saturated rings. The molecule has 1 N–H and O–H groups in total. The summed E-state index contributed by atoms with van der Waals surface area (Å²) in [5.74, 6) is 0.404. The maximum absolute atomic E-state index is 12.8. The van der Waals surface area contributed by atoms with E-state index < -0.39 is 0 Å². The predicted molar refractivity (Wildman–Crippen MR) is 110 cm³/mol. The number of carbonyl (C=O) groups is 2. The van der Waals surface area contributed by atoms with Crippen molar-refractivity contribution < 1.29 is 9.59 Å². The van der Waals surface area contributed by atoms with Crippen LogP contribution in [-0.2, 0) is 6.54 Å². The van der Waals surface area contributed by atoms with E-state index in [0.717, 1.165) is 16.7 Å². The van der Waals surface area contributed by atoms with E-state index in [1.807, 2.05) is 42.5 Å². The van der Waals surface area contributed by atoms with Crippen LogP contribution in [0.15, 0.2) is 60.8 Å². The Kier molecular flexibility index (Phi) is 3.46. The average Bonchev–Trinajstić information content (AvgIpc) is 3.35. The van der Waals surface area contributed by atoms with Gasteiger partial charge in [-0.15, -0.1) is 0 Å². The molecule has 0 atom stereocenters. The third-order valence-corrected chi connectivity index (χ3v) is 5.53. The molecule has 0 saturated carbocycles. The normalized spacial score (nSPS) is 14.1. The molecule has 6 rings (SSSR count). The first kappa shape index (κ1) is 16.8. The molecule has 1 amide bonds. The minimum absolute atomic E-state index is 0.0198. The van der Waals surface area contributed by atoms with Gasteiger partial charge in [-0.1, -0.05) is 42.5 Å². The zero-order chi connectivity index (χ0) is 20.2. The van der Waals surface area contributed by atoms with Crippen LogP contribution in [0.1, 0.15) is 26.4 Å². The van der Waals surface area contributed by atoms with Crippen molar-refractivity contribution in [2.45, 2.75) is 6.54 Å². The van der Waals surface area contributed by atoms with Crippen LogP contribution in [0.25, 0.3) is 33.9 Å². The van der Waals surface area contributed by atoms with E-state index in [0.29, 0.717) is 47.1 Å². The molecular weight excluding hydrogens is 378 g/mol. The molecule has 0 spiro atoms. The number of fused-ring (bicyclic) bond motifs is 4. The molecule has 2 aromatic carbocycles. The lowest BCUT2D eigenvalue weighted by atomic mass is 9.99. The molecule has 30 heavy (non-hydrogen) atoms. The highest BCUT2D eigenvalue weighted by atomic mass is 16.2. The highest BCUT2D eigenvalue weighted by Gasteiger charge is 2.29. The number of nitrogens with zero attached hydrogens (tertiary/aromatic N) is 4. The second kappa shape index (κ2) is 6.18. The highest BCUT2D eigenvalue weighted by molar-refractivity contribution is 6.23. The fourth-order valence-corrected chi connectivity index (χ4v) is 4.15. The molecule has 0 bridgehead atoms. The summed E-state index contributed by atoms with van der Waals surface area (Å²) in [6.45, 7) is 1.19. The molecule has 0 saturated heterocycles. The second-order valence-corrected chi connectivity index (χ2v) is 7.26. The van der Waals surface area contributed by atoms with Gasteiger partial charge < -0.3 is 5.32 Å². The molecule has 7 nitrogen and oxygen atoms in total. The van der Waals surface area contributed by atoms with Gasteiger partial charge in [0.2, 0.25) is 0 Å². The fourth-order valence-electron chi connectivity index (χ4n) is 4.15. The van der Waals surface area contributed by atoms with Crippen LogP contribution in [0.2, 0.25) is 0 Å². The summed E-state index contributed by atoms with van der Waals surface area (Å²) < 4.78 is 1.70. The van der Waals surface area contributed by atoms with Crippen LogP contribution in [0.4, 0.5) is 0 Å². The topological polar surface area (TPSA) is 89.8 Å². The molecule has 7 heteroatoms. The van der Waals surface area contributed by atoms with Gasteiger partial charge in [-0.05, 0) is 17.7 Å². The number of benzene rings is 2. The Bertz CT molecular complexity index is 1370. The van der Waals surface area contributed by atoms with E-state index in [1.165, 1.54) is 0 Å². The molecule has 1 aliphatic heterocycles. The highest BCUT2D eigenvalue weighted by Crippen LogP contribution is 2.42. The van der Waals surface area contributed by atoms with Crippen LogP contribution >= 0.6 is 0 Å². The first-order chi connectivity index (χ1) is 14.7. The Morgan fingerprint density at radius 1 is 0.867 bits per heavy atom. The van der Waals surface area contributed by atoms with E-state index in [4.69, 9.17) is 4.98 Å². The molecule has 0 unspecified atom stereocenters. The standard InChI is InChI=1S/C23H15N5O2/c29-21-14-5-2-1-4-13(14)20-15(21)6-3-7-16(20)22-24-9-8-17(26-22)18-12-19-23(30)25-10-11-28(19)27-18/h1-9,12H,10-11H2,(H,25,30).